The molecule has 0 N–H and O–H groups in total. The number of rotatable bonds is 0. The van der Waals surface area contributed by atoms with Gasteiger partial charge in [0.1, 0.15) is 0 Å². The van der Waals surface area contributed by atoms with Crippen molar-refractivity contribution in [2.75, 3.05) is 0 Å². The van der Waals surface area contributed by atoms with E-state index in [4.69, 9.17) is 11.6 Å². The number of halogens is 2. The summed E-state index contributed by atoms with van der Waals surface area (Å²) in [6.07, 6.45) is 1.58. The highest BCUT2D eigenvalue weighted by molar-refractivity contribution is 9.10. The summed E-state index contributed by atoms with van der Waals surface area (Å²) in [6, 6.07) is 1.73. The van der Waals surface area contributed by atoms with E-state index in [1.54, 1.807) is 12.3 Å². The molecule has 2 rings (SSSR count). The quantitative estimate of drug-likeness (QED) is 0.648. The summed E-state index contributed by atoms with van der Waals surface area (Å²) in [5.41, 5.74) is 0.678. The van der Waals surface area contributed by atoms with Gasteiger partial charge in [0.15, 0.2) is 5.65 Å². The molecule has 2 aromatic heterocycles. The Kier molecular flexibility index (Phi) is 1.54. The summed E-state index contributed by atoms with van der Waals surface area (Å²) >= 11 is 8.83. The van der Waals surface area contributed by atoms with Gasteiger partial charge in [-0.3, -0.25) is 0 Å². The minimum absolute atomic E-state index is 0.306. The standard InChI is InChI=1S/C5H2BrClN4/c6-4-9-3-1-2-8-5(7)11(3)10-4/h1-2H. The van der Waals surface area contributed by atoms with Crippen molar-refractivity contribution < 1.29 is 0 Å². The van der Waals surface area contributed by atoms with Crippen LogP contribution in [0, 0.1) is 0 Å². The molecule has 56 valence electrons. The van der Waals surface area contributed by atoms with E-state index in [0.717, 1.165) is 0 Å². The van der Waals surface area contributed by atoms with Crippen LogP contribution in [0.15, 0.2) is 17.0 Å². The van der Waals surface area contributed by atoms with Crippen LogP contribution in [0.2, 0.25) is 5.28 Å². The van der Waals surface area contributed by atoms with Crippen molar-refractivity contribution in [1.82, 2.24) is 19.6 Å². The molecule has 0 aliphatic heterocycles. The number of hydrogen-bond acceptors (Lipinski definition) is 3. The molecular weight excluding hydrogens is 231 g/mol. The molecule has 0 radical (unpaired) electrons. The zero-order chi connectivity index (χ0) is 7.84. The Labute approximate surface area is 75.3 Å². The van der Waals surface area contributed by atoms with Crippen molar-refractivity contribution >= 4 is 33.2 Å². The van der Waals surface area contributed by atoms with Crippen LogP contribution in [-0.4, -0.2) is 19.6 Å². The van der Waals surface area contributed by atoms with E-state index in [1.807, 2.05) is 0 Å². The first-order valence-corrected chi connectivity index (χ1v) is 3.97. The normalized spacial score (nSPS) is 10.7. The fourth-order valence-electron chi connectivity index (χ4n) is 0.762. The Bertz CT molecular complexity index is 398. The van der Waals surface area contributed by atoms with E-state index in [1.165, 1.54) is 4.52 Å². The van der Waals surface area contributed by atoms with Gasteiger partial charge in [0.05, 0.1) is 0 Å². The van der Waals surface area contributed by atoms with Gasteiger partial charge in [-0.25, -0.2) is 9.97 Å². The third-order valence-corrected chi connectivity index (χ3v) is 1.78. The molecule has 0 unspecified atom stereocenters. The predicted molar refractivity (Wildman–Crippen MR) is 43.5 cm³/mol. The van der Waals surface area contributed by atoms with Crippen LogP contribution >= 0.6 is 27.5 Å². The summed E-state index contributed by atoms with van der Waals surface area (Å²) in [6.45, 7) is 0. The van der Waals surface area contributed by atoms with E-state index in [9.17, 15) is 0 Å². The van der Waals surface area contributed by atoms with Crippen LogP contribution in [0.25, 0.3) is 5.65 Å². The fourth-order valence-corrected chi connectivity index (χ4v) is 1.28. The van der Waals surface area contributed by atoms with Crippen LogP contribution < -0.4 is 0 Å². The smallest absolute Gasteiger partial charge is 0.225 e. The van der Waals surface area contributed by atoms with Crippen molar-refractivity contribution in [2.45, 2.75) is 0 Å². The topological polar surface area (TPSA) is 43.1 Å². The maximum absolute atomic E-state index is 5.70. The van der Waals surface area contributed by atoms with Crippen LogP contribution in [0.3, 0.4) is 0 Å². The van der Waals surface area contributed by atoms with Crippen LogP contribution in [0.4, 0.5) is 0 Å². The zero-order valence-corrected chi connectivity index (χ0v) is 7.54. The molecular formula is C5H2BrClN4. The molecule has 6 heteroatoms. The van der Waals surface area contributed by atoms with Crippen molar-refractivity contribution in [3.8, 4) is 0 Å². The lowest BCUT2D eigenvalue weighted by atomic mass is 10.6. The molecule has 0 amide bonds. The van der Waals surface area contributed by atoms with Crippen molar-refractivity contribution in [1.29, 1.82) is 0 Å². The molecule has 0 bridgehead atoms. The van der Waals surface area contributed by atoms with E-state index in [2.05, 4.69) is 31.0 Å². The molecule has 0 saturated carbocycles. The van der Waals surface area contributed by atoms with Gasteiger partial charge in [0.2, 0.25) is 10.0 Å². The van der Waals surface area contributed by atoms with Crippen LogP contribution in [0.1, 0.15) is 0 Å². The maximum atomic E-state index is 5.70. The lowest BCUT2D eigenvalue weighted by Crippen LogP contribution is -1.90. The van der Waals surface area contributed by atoms with Crippen molar-refractivity contribution in [3.05, 3.63) is 22.3 Å². The first-order chi connectivity index (χ1) is 5.27. The molecule has 0 aliphatic rings. The summed E-state index contributed by atoms with van der Waals surface area (Å²) in [5.74, 6) is 0. The molecule has 0 atom stereocenters. The van der Waals surface area contributed by atoms with E-state index >= 15 is 0 Å². The van der Waals surface area contributed by atoms with Crippen LogP contribution in [0.5, 0.6) is 0 Å². The van der Waals surface area contributed by atoms with Gasteiger partial charge in [-0.15, -0.1) is 5.10 Å². The van der Waals surface area contributed by atoms with Gasteiger partial charge in [0, 0.05) is 12.3 Å². The second kappa shape index (κ2) is 2.42. The monoisotopic (exact) mass is 232 g/mol. The molecule has 0 aromatic carbocycles. The first-order valence-electron chi connectivity index (χ1n) is 2.80. The Morgan fingerprint density at radius 3 is 3.09 bits per heavy atom. The first kappa shape index (κ1) is 7.00. The number of aromatic nitrogens is 4. The lowest BCUT2D eigenvalue weighted by Gasteiger charge is -1.90. The van der Waals surface area contributed by atoms with Gasteiger partial charge >= 0.3 is 0 Å². The number of fused-ring (bicyclic) bond motifs is 1. The Morgan fingerprint density at radius 1 is 1.55 bits per heavy atom. The van der Waals surface area contributed by atoms with Crippen molar-refractivity contribution in [3.63, 3.8) is 0 Å². The largest absolute Gasteiger partial charge is 0.226 e. The van der Waals surface area contributed by atoms with Crippen molar-refractivity contribution in [2.24, 2.45) is 0 Å². The van der Waals surface area contributed by atoms with Gasteiger partial charge in [0.25, 0.3) is 0 Å². The molecule has 0 saturated heterocycles. The average Bonchev–Trinajstić information content (AvgIpc) is 2.31. The highest BCUT2D eigenvalue weighted by Gasteiger charge is 2.02. The third kappa shape index (κ3) is 1.10. The SMILES string of the molecule is Clc1nccc2nc(Br)nn12. The Balaban J connectivity index is 2.90. The fraction of sp³-hybridized carbons (Fsp3) is 0. The van der Waals surface area contributed by atoms with Gasteiger partial charge < -0.3 is 0 Å². The van der Waals surface area contributed by atoms with Gasteiger partial charge in [-0.05, 0) is 27.5 Å². The molecule has 2 heterocycles. The molecule has 0 spiro atoms. The molecule has 11 heavy (non-hydrogen) atoms. The number of nitrogens with zero attached hydrogens (tertiary/aromatic N) is 4. The summed E-state index contributed by atoms with van der Waals surface area (Å²) in [5, 5.41) is 4.25. The summed E-state index contributed by atoms with van der Waals surface area (Å²) in [7, 11) is 0. The van der Waals surface area contributed by atoms with E-state index in [-0.39, 0.29) is 0 Å². The highest BCUT2D eigenvalue weighted by Crippen LogP contribution is 2.10. The second-order valence-corrected chi connectivity index (χ2v) is 2.91. The van der Waals surface area contributed by atoms with Gasteiger partial charge in [-0.1, -0.05) is 0 Å². The van der Waals surface area contributed by atoms with Crippen LogP contribution in [-0.2, 0) is 0 Å². The average molecular weight is 233 g/mol. The minimum atomic E-state index is 0.306. The van der Waals surface area contributed by atoms with E-state index in [0.29, 0.717) is 15.7 Å². The predicted octanol–water partition coefficient (Wildman–Crippen LogP) is 1.54. The Morgan fingerprint density at radius 2 is 2.36 bits per heavy atom. The lowest BCUT2D eigenvalue weighted by molar-refractivity contribution is 0.911. The summed E-state index contributed by atoms with van der Waals surface area (Å²) in [4.78, 5) is 7.84. The molecule has 0 fully saturated rings. The molecule has 0 aliphatic carbocycles. The van der Waals surface area contributed by atoms with E-state index < -0.39 is 0 Å². The second-order valence-electron chi connectivity index (χ2n) is 1.86. The maximum Gasteiger partial charge on any atom is 0.225 e. The minimum Gasteiger partial charge on any atom is -0.226 e. The zero-order valence-electron chi connectivity index (χ0n) is 5.20. The third-order valence-electron chi connectivity index (χ3n) is 1.19. The highest BCUT2D eigenvalue weighted by atomic mass is 79.9. The molecule has 2 aromatic rings. The number of hydrogen-bond donors (Lipinski definition) is 0. The Hall–Kier alpha value is -0.680. The van der Waals surface area contributed by atoms with Gasteiger partial charge in [-0.2, -0.15) is 4.52 Å². The molecule has 4 nitrogen and oxygen atoms in total. The summed E-state index contributed by atoms with van der Waals surface area (Å²) < 4.78 is 1.96.